The lowest BCUT2D eigenvalue weighted by Gasteiger charge is -2.14. The Kier molecular flexibility index (Phi) is 5.53. The van der Waals surface area contributed by atoms with Gasteiger partial charge in [0, 0.05) is 18.1 Å². The van der Waals surface area contributed by atoms with Gasteiger partial charge in [-0.25, -0.2) is 4.98 Å². The number of hydrogen-bond acceptors (Lipinski definition) is 2. The largest absolute Gasteiger partial charge is 0.298 e. The minimum absolute atomic E-state index is 0.00736. The van der Waals surface area contributed by atoms with Crippen molar-refractivity contribution in [3.63, 3.8) is 0 Å². The van der Waals surface area contributed by atoms with Gasteiger partial charge < -0.3 is 0 Å². The Hall–Kier alpha value is -0.160. The molecule has 1 aromatic rings. The standard InChI is InChI=1S/C10H14Br2N2O/c1-2-3-8(4-11)6-14-7-13-5-9(12)10(14)15/h5,7-8H,2-4,6H2,1H3. The normalized spacial score (nSPS) is 12.7. The molecule has 84 valence electrons. The first kappa shape index (κ1) is 12.9. The maximum atomic E-state index is 11.7. The number of rotatable bonds is 5. The summed E-state index contributed by atoms with van der Waals surface area (Å²) >= 11 is 6.66. The molecule has 0 bridgehead atoms. The molecular weight excluding hydrogens is 324 g/mol. The predicted octanol–water partition coefficient (Wildman–Crippen LogP) is 2.82. The Morgan fingerprint density at radius 1 is 1.60 bits per heavy atom. The van der Waals surface area contributed by atoms with Crippen LogP contribution in [-0.4, -0.2) is 14.9 Å². The van der Waals surface area contributed by atoms with Gasteiger partial charge in [-0.3, -0.25) is 9.36 Å². The van der Waals surface area contributed by atoms with E-state index in [4.69, 9.17) is 0 Å². The lowest BCUT2D eigenvalue weighted by molar-refractivity contribution is 0.443. The quantitative estimate of drug-likeness (QED) is 0.774. The summed E-state index contributed by atoms with van der Waals surface area (Å²) in [6, 6.07) is 0. The van der Waals surface area contributed by atoms with Crippen molar-refractivity contribution in [3.05, 3.63) is 27.4 Å². The summed E-state index contributed by atoms with van der Waals surface area (Å²) in [6.07, 6.45) is 5.37. The molecule has 0 radical (unpaired) electrons. The van der Waals surface area contributed by atoms with Gasteiger partial charge in [-0.05, 0) is 28.3 Å². The highest BCUT2D eigenvalue weighted by molar-refractivity contribution is 9.10. The monoisotopic (exact) mass is 336 g/mol. The van der Waals surface area contributed by atoms with E-state index in [2.05, 4.69) is 43.8 Å². The van der Waals surface area contributed by atoms with Crippen LogP contribution >= 0.6 is 31.9 Å². The maximum Gasteiger partial charge on any atom is 0.267 e. The van der Waals surface area contributed by atoms with E-state index in [-0.39, 0.29) is 5.56 Å². The van der Waals surface area contributed by atoms with Crippen molar-refractivity contribution in [2.24, 2.45) is 5.92 Å². The average molecular weight is 338 g/mol. The molecule has 1 atom stereocenters. The number of halogens is 2. The number of aromatic nitrogens is 2. The SMILES string of the molecule is CCCC(CBr)Cn1cncc(Br)c1=O. The Morgan fingerprint density at radius 2 is 2.33 bits per heavy atom. The van der Waals surface area contributed by atoms with Gasteiger partial charge in [0.05, 0.1) is 6.33 Å². The molecule has 0 aromatic carbocycles. The van der Waals surface area contributed by atoms with E-state index >= 15 is 0 Å². The summed E-state index contributed by atoms with van der Waals surface area (Å²) in [4.78, 5) is 15.7. The molecule has 0 aliphatic rings. The van der Waals surface area contributed by atoms with Crippen molar-refractivity contribution in [1.29, 1.82) is 0 Å². The van der Waals surface area contributed by atoms with Gasteiger partial charge in [-0.2, -0.15) is 0 Å². The summed E-state index contributed by atoms with van der Waals surface area (Å²) in [5.41, 5.74) is -0.00736. The highest BCUT2D eigenvalue weighted by atomic mass is 79.9. The zero-order chi connectivity index (χ0) is 11.3. The van der Waals surface area contributed by atoms with Crippen molar-refractivity contribution in [2.45, 2.75) is 26.3 Å². The van der Waals surface area contributed by atoms with E-state index in [9.17, 15) is 4.79 Å². The highest BCUT2D eigenvalue weighted by Gasteiger charge is 2.09. The molecule has 15 heavy (non-hydrogen) atoms. The van der Waals surface area contributed by atoms with Crippen molar-refractivity contribution < 1.29 is 0 Å². The van der Waals surface area contributed by atoms with Gasteiger partial charge in [0.1, 0.15) is 4.47 Å². The Labute approximate surface area is 106 Å². The summed E-state index contributed by atoms with van der Waals surface area (Å²) in [6.45, 7) is 2.88. The third-order valence-electron chi connectivity index (χ3n) is 2.23. The first-order valence-corrected chi connectivity index (χ1v) is 6.86. The summed E-state index contributed by atoms with van der Waals surface area (Å²) in [7, 11) is 0. The van der Waals surface area contributed by atoms with E-state index in [0.29, 0.717) is 10.4 Å². The van der Waals surface area contributed by atoms with Crippen LogP contribution in [0.5, 0.6) is 0 Å². The fourth-order valence-electron chi connectivity index (χ4n) is 1.46. The predicted molar refractivity (Wildman–Crippen MR) is 68.4 cm³/mol. The molecule has 3 nitrogen and oxygen atoms in total. The van der Waals surface area contributed by atoms with Crippen LogP contribution in [0.15, 0.2) is 21.8 Å². The van der Waals surface area contributed by atoms with Crippen LogP contribution in [0.1, 0.15) is 19.8 Å². The number of hydrogen-bond donors (Lipinski definition) is 0. The Balaban J connectivity index is 2.79. The van der Waals surface area contributed by atoms with Gasteiger partial charge in [0.2, 0.25) is 0 Å². The molecule has 5 heteroatoms. The van der Waals surface area contributed by atoms with Crippen LogP contribution in [0, 0.1) is 5.92 Å². The fourth-order valence-corrected chi connectivity index (χ4v) is 2.33. The fraction of sp³-hybridized carbons (Fsp3) is 0.600. The molecule has 0 aliphatic heterocycles. The van der Waals surface area contributed by atoms with Gasteiger partial charge in [-0.15, -0.1) is 0 Å². The Morgan fingerprint density at radius 3 is 2.93 bits per heavy atom. The van der Waals surface area contributed by atoms with E-state index in [1.54, 1.807) is 10.9 Å². The van der Waals surface area contributed by atoms with Crippen molar-refractivity contribution in [3.8, 4) is 0 Å². The molecule has 0 fully saturated rings. The van der Waals surface area contributed by atoms with Gasteiger partial charge in [0.25, 0.3) is 5.56 Å². The van der Waals surface area contributed by atoms with Gasteiger partial charge in [0.15, 0.2) is 0 Å². The molecule has 0 amide bonds. The second-order valence-corrected chi connectivity index (χ2v) is 5.01. The van der Waals surface area contributed by atoms with Crippen LogP contribution in [-0.2, 0) is 6.54 Å². The second-order valence-electron chi connectivity index (χ2n) is 3.51. The maximum absolute atomic E-state index is 11.7. The molecule has 0 saturated heterocycles. The number of alkyl halides is 1. The summed E-state index contributed by atoms with van der Waals surface area (Å²) in [5.74, 6) is 0.490. The van der Waals surface area contributed by atoms with Crippen LogP contribution < -0.4 is 5.56 Å². The van der Waals surface area contributed by atoms with E-state index in [1.165, 1.54) is 6.20 Å². The van der Waals surface area contributed by atoms with Crippen molar-refractivity contribution in [2.75, 3.05) is 5.33 Å². The molecule has 0 spiro atoms. The molecular formula is C10H14Br2N2O. The van der Waals surface area contributed by atoms with E-state index in [0.717, 1.165) is 24.7 Å². The highest BCUT2D eigenvalue weighted by Crippen LogP contribution is 2.11. The minimum Gasteiger partial charge on any atom is -0.298 e. The third kappa shape index (κ3) is 3.72. The summed E-state index contributed by atoms with van der Waals surface area (Å²) < 4.78 is 2.18. The molecule has 1 rings (SSSR count). The second kappa shape index (κ2) is 6.43. The lowest BCUT2D eigenvalue weighted by Crippen LogP contribution is -2.25. The molecule has 0 saturated carbocycles. The van der Waals surface area contributed by atoms with E-state index in [1.807, 2.05) is 0 Å². The first-order chi connectivity index (χ1) is 7.19. The van der Waals surface area contributed by atoms with E-state index < -0.39 is 0 Å². The third-order valence-corrected chi connectivity index (χ3v) is 3.69. The van der Waals surface area contributed by atoms with Crippen LogP contribution in [0.2, 0.25) is 0 Å². The van der Waals surface area contributed by atoms with Gasteiger partial charge in [-0.1, -0.05) is 29.3 Å². The molecule has 1 aromatic heterocycles. The Bertz CT molecular complexity index is 365. The minimum atomic E-state index is -0.00736. The van der Waals surface area contributed by atoms with Crippen LogP contribution in [0.25, 0.3) is 0 Å². The lowest BCUT2D eigenvalue weighted by atomic mass is 10.1. The van der Waals surface area contributed by atoms with Crippen molar-refractivity contribution in [1.82, 2.24) is 9.55 Å². The van der Waals surface area contributed by atoms with Gasteiger partial charge >= 0.3 is 0 Å². The number of nitrogens with zero attached hydrogens (tertiary/aromatic N) is 2. The zero-order valence-electron chi connectivity index (χ0n) is 8.62. The summed E-state index contributed by atoms with van der Waals surface area (Å²) in [5, 5.41) is 0.916. The van der Waals surface area contributed by atoms with Crippen molar-refractivity contribution >= 4 is 31.9 Å². The molecule has 0 aliphatic carbocycles. The topological polar surface area (TPSA) is 34.9 Å². The zero-order valence-corrected chi connectivity index (χ0v) is 11.8. The smallest absolute Gasteiger partial charge is 0.267 e. The molecule has 1 heterocycles. The molecule has 1 unspecified atom stereocenters. The average Bonchev–Trinajstić information content (AvgIpc) is 2.24. The van der Waals surface area contributed by atoms with Crippen LogP contribution in [0.4, 0.5) is 0 Å². The molecule has 0 N–H and O–H groups in total. The first-order valence-electron chi connectivity index (χ1n) is 4.95. The van der Waals surface area contributed by atoms with Crippen LogP contribution in [0.3, 0.4) is 0 Å².